The molecule has 1 rings (SSSR count). The van der Waals surface area contributed by atoms with Gasteiger partial charge in [-0.3, -0.25) is 9.69 Å². The summed E-state index contributed by atoms with van der Waals surface area (Å²) in [6.07, 6.45) is 2.07. The standard InChI is InChI=1S/C10H19NO2/c1-4-13-10(12)9-6-5-7-11(9)8(2)3/h8-9H,4-7H2,1-3H3/t9-/m1/s1. The highest BCUT2D eigenvalue weighted by Gasteiger charge is 2.32. The monoisotopic (exact) mass is 185 g/mol. The fourth-order valence-electron chi connectivity index (χ4n) is 1.90. The van der Waals surface area contributed by atoms with Gasteiger partial charge in [0.15, 0.2) is 0 Å². The largest absolute Gasteiger partial charge is 0.465 e. The predicted molar refractivity (Wildman–Crippen MR) is 51.5 cm³/mol. The van der Waals surface area contributed by atoms with Crippen molar-refractivity contribution < 1.29 is 9.53 Å². The quantitative estimate of drug-likeness (QED) is 0.623. The average Bonchev–Trinajstić information content (AvgIpc) is 2.52. The first-order valence-electron chi connectivity index (χ1n) is 5.09. The van der Waals surface area contributed by atoms with Gasteiger partial charge in [-0.25, -0.2) is 0 Å². The molecule has 0 saturated carbocycles. The fourth-order valence-corrected chi connectivity index (χ4v) is 1.90. The molecule has 0 aromatic rings. The van der Waals surface area contributed by atoms with E-state index in [1.807, 2.05) is 6.92 Å². The van der Waals surface area contributed by atoms with Gasteiger partial charge in [0.05, 0.1) is 6.61 Å². The lowest BCUT2D eigenvalue weighted by Crippen LogP contribution is -2.41. The summed E-state index contributed by atoms with van der Waals surface area (Å²) in [6, 6.07) is 0.455. The number of likely N-dealkylation sites (tertiary alicyclic amines) is 1. The van der Waals surface area contributed by atoms with Crippen LogP contribution in [-0.4, -0.2) is 36.1 Å². The fraction of sp³-hybridized carbons (Fsp3) is 0.900. The number of ether oxygens (including phenoxy) is 1. The molecule has 1 heterocycles. The Hall–Kier alpha value is -0.570. The van der Waals surface area contributed by atoms with Gasteiger partial charge in [-0.05, 0) is 40.2 Å². The van der Waals surface area contributed by atoms with Crippen LogP contribution in [0.2, 0.25) is 0 Å². The zero-order chi connectivity index (χ0) is 9.84. The topological polar surface area (TPSA) is 29.5 Å². The summed E-state index contributed by atoms with van der Waals surface area (Å²) in [5.41, 5.74) is 0. The van der Waals surface area contributed by atoms with Gasteiger partial charge >= 0.3 is 5.97 Å². The third kappa shape index (κ3) is 2.44. The molecule has 0 bridgehead atoms. The Kier molecular flexibility index (Phi) is 3.72. The second-order valence-electron chi connectivity index (χ2n) is 3.74. The molecule has 76 valence electrons. The second kappa shape index (κ2) is 4.61. The third-order valence-corrected chi connectivity index (χ3v) is 2.52. The number of nitrogens with zero attached hydrogens (tertiary/aromatic N) is 1. The van der Waals surface area contributed by atoms with Crippen LogP contribution in [-0.2, 0) is 9.53 Å². The molecule has 1 atom stereocenters. The van der Waals surface area contributed by atoms with Crippen LogP contribution in [0.5, 0.6) is 0 Å². The molecule has 1 fully saturated rings. The van der Waals surface area contributed by atoms with Crippen molar-refractivity contribution in [2.45, 2.75) is 45.7 Å². The molecule has 0 unspecified atom stereocenters. The summed E-state index contributed by atoms with van der Waals surface area (Å²) in [6.45, 7) is 7.62. The highest BCUT2D eigenvalue weighted by Crippen LogP contribution is 2.20. The van der Waals surface area contributed by atoms with Crippen LogP contribution >= 0.6 is 0 Å². The van der Waals surface area contributed by atoms with E-state index in [1.165, 1.54) is 0 Å². The molecule has 0 N–H and O–H groups in total. The lowest BCUT2D eigenvalue weighted by Gasteiger charge is -2.26. The van der Waals surface area contributed by atoms with E-state index in [0.717, 1.165) is 19.4 Å². The Morgan fingerprint density at radius 2 is 2.31 bits per heavy atom. The molecule has 0 aromatic heterocycles. The molecule has 3 nitrogen and oxygen atoms in total. The van der Waals surface area contributed by atoms with Gasteiger partial charge in [0.25, 0.3) is 0 Å². The first-order chi connectivity index (χ1) is 6.16. The second-order valence-corrected chi connectivity index (χ2v) is 3.74. The first-order valence-corrected chi connectivity index (χ1v) is 5.09. The van der Waals surface area contributed by atoms with Crippen LogP contribution in [0.15, 0.2) is 0 Å². The van der Waals surface area contributed by atoms with Gasteiger partial charge in [-0.2, -0.15) is 0 Å². The van der Waals surface area contributed by atoms with E-state index in [2.05, 4.69) is 18.7 Å². The summed E-state index contributed by atoms with van der Waals surface area (Å²) < 4.78 is 5.03. The van der Waals surface area contributed by atoms with Crippen LogP contribution in [0.1, 0.15) is 33.6 Å². The Bertz CT molecular complexity index is 180. The number of carbonyl (C=O) groups is 1. The zero-order valence-corrected chi connectivity index (χ0v) is 8.75. The molecule has 0 radical (unpaired) electrons. The number of carbonyl (C=O) groups excluding carboxylic acids is 1. The zero-order valence-electron chi connectivity index (χ0n) is 8.75. The van der Waals surface area contributed by atoms with Crippen molar-refractivity contribution in [1.29, 1.82) is 0 Å². The summed E-state index contributed by atoms with van der Waals surface area (Å²) in [5.74, 6) is -0.0475. The Labute approximate surface area is 80.1 Å². The molecular weight excluding hydrogens is 166 g/mol. The molecular formula is C10H19NO2. The molecule has 1 aliphatic heterocycles. The Balaban J connectivity index is 2.52. The minimum Gasteiger partial charge on any atom is -0.465 e. The van der Waals surface area contributed by atoms with Crippen molar-refractivity contribution in [3.63, 3.8) is 0 Å². The maximum absolute atomic E-state index is 11.5. The van der Waals surface area contributed by atoms with E-state index in [9.17, 15) is 4.79 Å². The molecule has 13 heavy (non-hydrogen) atoms. The molecule has 1 aliphatic rings. The lowest BCUT2D eigenvalue weighted by molar-refractivity contribution is -0.149. The van der Waals surface area contributed by atoms with Gasteiger partial charge in [0, 0.05) is 6.04 Å². The maximum Gasteiger partial charge on any atom is 0.323 e. The minimum absolute atomic E-state index is 0.0138. The highest BCUT2D eigenvalue weighted by atomic mass is 16.5. The van der Waals surface area contributed by atoms with E-state index >= 15 is 0 Å². The van der Waals surface area contributed by atoms with E-state index in [1.54, 1.807) is 0 Å². The smallest absolute Gasteiger partial charge is 0.323 e. The summed E-state index contributed by atoms with van der Waals surface area (Å²) in [5, 5.41) is 0. The molecule has 3 heteroatoms. The molecule has 0 amide bonds. The molecule has 0 spiro atoms. The number of esters is 1. The van der Waals surface area contributed by atoms with Crippen LogP contribution in [0.4, 0.5) is 0 Å². The van der Waals surface area contributed by atoms with Crippen molar-refractivity contribution >= 4 is 5.97 Å². The molecule has 0 aliphatic carbocycles. The van der Waals surface area contributed by atoms with E-state index < -0.39 is 0 Å². The lowest BCUT2D eigenvalue weighted by atomic mass is 10.2. The van der Waals surface area contributed by atoms with E-state index in [-0.39, 0.29) is 12.0 Å². The van der Waals surface area contributed by atoms with Gasteiger partial charge < -0.3 is 4.74 Å². The Morgan fingerprint density at radius 3 is 2.85 bits per heavy atom. The van der Waals surface area contributed by atoms with Gasteiger partial charge in [-0.15, -0.1) is 0 Å². The van der Waals surface area contributed by atoms with Crippen molar-refractivity contribution in [1.82, 2.24) is 4.90 Å². The van der Waals surface area contributed by atoms with E-state index in [4.69, 9.17) is 4.74 Å². The number of hydrogen-bond donors (Lipinski definition) is 0. The predicted octanol–water partition coefficient (Wildman–Crippen LogP) is 1.42. The van der Waals surface area contributed by atoms with Gasteiger partial charge in [-0.1, -0.05) is 0 Å². The third-order valence-electron chi connectivity index (χ3n) is 2.52. The van der Waals surface area contributed by atoms with Crippen molar-refractivity contribution in [3.05, 3.63) is 0 Å². The number of rotatable bonds is 3. The summed E-state index contributed by atoms with van der Waals surface area (Å²) >= 11 is 0. The van der Waals surface area contributed by atoms with Crippen molar-refractivity contribution in [2.75, 3.05) is 13.2 Å². The average molecular weight is 185 g/mol. The van der Waals surface area contributed by atoms with Gasteiger partial charge in [0.2, 0.25) is 0 Å². The minimum atomic E-state index is -0.0475. The summed E-state index contributed by atoms with van der Waals surface area (Å²) in [7, 11) is 0. The normalized spacial score (nSPS) is 23.8. The maximum atomic E-state index is 11.5. The molecule has 0 aromatic carbocycles. The SMILES string of the molecule is CCOC(=O)[C@H]1CCCN1C(C)C. The highest BCUT2D eigenvalue weighted by molar-refractivity contribution is 5.76. The van der Waals surface area contributed by atoms with Crippen molar-refractivity contribution in [3.8, 4) is 0 Å². The Morgan fingerprint density at radius 1 is 1.62 bits per heavy atom. The van der Waals surface area contributed by atoms with Crippen LogP contribution < -0.4 is 0 Å². The van der Waals surface area contributed by atoms with Crippen LogP contribution in [0.3, 0.4) is 0 Å². The van der Waals surface area contributed by atoms with Crippen molar-refractivity contribution in [2.24, 2.45) is 0 Å². The summed E-state index contributed by atoms with van der Waals surface area (Å²) in [4.78, 5) is 13.7. The van der Waals surface area contributed by atoms with Crippen LogP contribution in [0, 0.1) is 0 Å². The molecule has 1 saturated heterocycles. The first kappa shape index (κ1) is 10.5. The van der Waals surface area contributed by atoms with E-state index in [0.29, 0.717) is 12.6 Å². The van der Waals surface area contributed by atoms with Gasteiger partial charge in [0.1, 0.15) is 6.04 Å². The number of hydrogen-bond acceptors (Lipinski definition) is 3. The van der Waals surface area contributed by atoms with Crippen LogP contribution in [0.25, 0.3) is 0 Å².